The van der Waals surface area contributed by atoms with Crippen LogP contribution in [0.25, 0.3) is 0 Å². The molecular weight excluding hydrogens is 570 g/mol. The van der Waals surface area contributed by atoms with Gasteiger partial charge in [-0.15, -0.1) is 0 Å². The predicted molar refractivity (Wildman–Crippen MR) is 150 cm³/mol. The first-order valence-electron chi connectivity index (χ1n) is 12.6. The fraction of sp³-hybridized carbons (Fsp3) is 0.429. The highest BCUT2D eigenvalue weighted by molar-refractivity contribution is 9.10. The van der Waals surface area contributed by atoms with Crippen LogP contribution in [0.2, 0.25) is 0 Å². The molecule has 0 aromatic heterocycles. The molecule has 10 nitrogen and oxygen atoms in total. The molecule has 1 aliphatic heterocycles. The summed E-state index contributed by atoms with van der Waals surface area (Å²) >= 11 is 3.33. The predicted octanol–water partition coefficient (Wildman–Crippen LogP) is 3.01. The number of amides is 1. The molecule has 2 aromatic carbocycles. The third-order valence-electron chi connectivity index (χ3n) is 6.39. The molecule has 0 radical (unpaired) electrons. The van der Waals surface area contributed by atoms with Gasteiger partial charge in [0.1, 0.15) is 17.3 Å². The summed E-state index contributed by atoms with van der Waals surface area (Å²) in [6.07, 6.45) is -0.815. The van der Waals surface area contributed by atoms with Gasteiger partial charge in [0.25, 0.3) is 5.91 Å². The van der Waals surface area contributed by atoms with Crippen LogP contribution in [0.1, 0.15) is 66.6 Å². The average molecular weight is 604 g/mol. The van der Waals surface area contributed by atoms with E-state index >= 15 is 0 Å². The van der Waals surface area contributed by atoms with Crippen molar-refractivity contribution in [3.8, 4) is 11.5 Å². The topological polar surface area (TPSA) is 169 Å². The summed E-state index contributed by atoms with van der Waals surface area (Å²) < 4.78 is 0.409. The molecule has 0 saturated carbocycles. The Morgan fingerprint density at radius 3 is 2.46 bits per heavy atom. The molecule has 2 atom stereocenters. The number of nitrogens with zero attached hydrogens (tertiary/aromatic N) is 1. The molecule has 2 aromatic rings. The van der Waals surface area contributed by atoms with Gasteiger partial charge in [-0.3, -0.25) is 19.4 Å². The van der Waals surface area contributed by atoms with Crippen molar-refractivity contribution in [1.82, 2.24) is 10.6 Å². The Hall–Kier alpha value is -3.44. The third kappa shape index (κ3) is 8.52. The first kappa shape index (κ1) is 30.1. The number of aliphatic hydroxyl groups excluding tert-OH is 1. The minimum absolute atomic E-state index is 0.120. The van der Waals surface area contributed by atoms with Crippen LogP contribution in [0, 0.1) is 0 Å². The highest BCUT2D eigenvalue weighted by Crippen LogP contribution is 2.40. The van der Waals surface area contributed by atoms with Crippen molar-refractivity contribution in [3.05, 3.63) is 57.1 Å². The van der Waals surface area contributed by atoms with E-state index in [0.717, 1.165) is 5.56 Å². The zero-order valence-electron chi connectivity index (χ0n) is 22.1. The number of nitrogens with one attached hydrogen (secondary N) is 2. The van der Waals surface area contributed by atoms with Crippen molar-refractivity contribution in [2.24, 2.45) is 4.99 Å². The number of ketones is 1. The number of rotatable bonds is 10. The highest BCUT2D eigenvalue weighted by atomic mass is 79.9. The maximum atomic E-state index is 12.9. The lowest BCUT2D eigenvalue weighted by Gasteiger charge is -2.24. The maximum absolute atomic E-state index is 12.9. The molecule has 1 aliphatic rings. The molecule has 1 unspecified atom stereocenters. The van der Waals surface area contributed by atoms with E-state index in [4.69, 9.17) is 0 Å². The Bertz CT molecular complexity index is 1290. The number of halogens is 1. The quantitative estimate of drug-likeness (QED) is 0.241. The minimum atomic E-state index is -1.12. The van der Waals surface area contributed by atoms with Gasteiger partial charge in [0.2, 0.25) is 0 Å². The number of benzene rings is 2. The second-order valence-corrected chi connectivity index (χ2v) is 11.6. The molecule has 39 heavy (non-hydrogen) atoms. The summed E-state index contributed by atoms with van der Waals surface area (Å²) in [6.45, 7) is 6.24. The molecule has 11 heteroatoms. The van der Waals surface area contributed by atoms with Crippen LogP contribution in [0.3, 0.4) is 0 Å². The number of hydrogen-bond donors (Lipinski definition) is 6. The van der Waals surface area contributed by atoms with E-state index in [-0.39, 0.29) is 48.4 Å². The Kier molecular flexibility index (Phi) is 9.73. The monoisotopic (exact) mass is 603 g/mol. The van der Waals surface area contributed by atoms with Gasteiger partial charge in [-0.05, 0) is 62.3 Å². The number of carboxylic acids is 1. The van der Waals surface area contributed by atoms with E-state index in [1.807, 2.05) is 20.8 Å². The first-order chi connectivity index (χ1) is 18.2. The summed E-state index contributed by atoms with van der Waals surface area (Å²) in [5, 5.41) is 45.3. The number of aliphatic imine (C=N–C) groups is 1. The zero-order valence-corrected chi connectivity index (χ0v) is 23.7. The van der Waals surface area contributed by atoms with Gasteiger partial charge >= 0.3 is 5.97 Å². The summed E-state index contributed by atoms with van der Waals surface area (Å²) in [4.78, 5) is 41.5. The van der Waals surface area contributed by atoms with Crippen molar-refractivity contribution < 1.29 is 34.8 Å². The molecule has 0 aliphatic carbocycles. The number of aliphatic hydroxyl groups is 1. The zero-order chi connectivity index (χ0) is 28.9. The van der Waals surface area contributed by atoms with Crippen LogP contribution >= 0.6 is 15.9 Å². The number of hydrogen-bond acceptors (Lipinski definition) is 8. The van der Waals surface area contributed by atoms with Gasteiger partial charge in [-0.1, -0.05) is 26.8 Å². The molecule has 210 valence electrons. The van der Waals surface area contributed by atoms with E-state index < -0.39 is 29.7 Å². The van der Waals surface area contributed by atoms with Gasteiger partial charge in [-0.2, -0.15) is 0 Å². The Labute approximate surface area is 235 Å². The number of carbonyl (C=O) groups is 3. The molecular formula is C28H34BrN3O7. The molecule has 0 spiro atoms. The van der Waals surface area contributed by atoms with E-state index in [1.165, 1.54) is 12.1 Å². The number of aromatic hydroxyl groups is 2. The van der Waals surface area contributed by atoms with Crippen molar-refractivity contribution in [2.75, 3.05) is 19.6 Å². The Morgan fingerprint density at radius 2 is 1.85 bits per heavy atom. The standard InChI is InChI=1S/C28H34BrN3O7/c1-28(2,3)18-10-22(26(38)23(29)11-18)16(9-25(36)37)7-20(34)12-32-27(39)17-4-15(5-19(33)8-17)6-24-30-13-21(35)14-31-24/h4-5,8,10-11,16,21,33,35,38H,6-7,9,12-14H2,1-3H3,(H,30,31)(H,32,39)(H,36,37)/t16-/m0/s1. The lowest BCUT2D eigenvalue weighted by atomic mass is 9.82. The van der Waals surface area contributed by atoms with Gasteiger partial charge in [0, 0.05) is 30.9 Å². The lowest BCUT2D eigenvalue weighted by molar-refractivity contribution is -0.137. The molecule has 3 rings (SSSR count). The number of phenolic OH excluding ortho intramolecular Hbond substituents is 2. The van der Waals surface area contributed by atoms with Crippen LogP contribution in [0.5, 0.6) is 11.5 Å². The number of β-amino-alcohol motifs (C(OH)–C–C–N with tert-alkyl or cyclic N) is 1. The van der Waals surface area contributed by atoms with Crippen molar-refractivity contribution >= 4 is 39.4 Å². The van der Waals surface area contributed by atoms with Crippen LogP contribution < -0.4 is 10.6 Å². The maximum Gasteiger partial charge on any atom is 0.303 e. The van der Waals surface area contributed by atoms with Crippen LogP contribution in [0.15, 0.2) is 39.8 Å². The SMILES string of the molecule is CC(C)(C)c1cc(Br)c(O)c([C@H](CC(=O)O)CC(=O)CNC(=O)c2cc(O)cc(CC3=NCC(O)CN3)c2)c1. The minimum Gasteiger partial charge on any atom is -0.508 e. The van der Waals surface area contributed by atoms with Crippen LogP contribution in [-0.4, -0.2) is 69.7 Å². The van der Waals surface area contributed by atoms with Crippen molar-refractivity contribution in [2.45, 2.75) is 57.5 Å². The lowest BCUT2D eigenvalue weighted by Crippen LogP contribution is -2.39. The molecule has 1 amide bonds. The summed E-state index contributed by atoms with van der Waals surface area (Å²) in [6, 6.07) is 7.85. The van der Waals surface area contributed by atoms with E-state index in [2.05, 4.69) is 31.6 Å². The average Bonchev–Trinajstić information content (AvgIpc) is 2.84. The van der Waals surface area contributed by atoms with E-state index in [0.29, 0.717) is 34.4 Å². The van der Waals surface area contributed by atoms with E-state index in [1.54, 1.807) is 18.2 Å². The van der Waals surface area contributed by atoms with Crippen molar-refractivity contribution in [1.29, 1.82) is 0 Å². The molecule has 6 N–H and O–H groups in total. The number of carbonyl (C=O) groups excluding carboxylic acids is 2. The normalized spacial score (nSPS) is 16.1. The largest absolute Gasteiger partial charge is 0.508 e. The molecule has 1 heterocycles. The molecule has 0 fully saturated rings. The number of Topliss-reactive ketones (excluding diaryl/α,β-unsaturated/α-hetero) is 1. The van der Waals surface area contributed by atoms with Gasteiger partial charge in [0.05, 0.1) is 30.1 Å². The fourth-order valence-electron chi connectivity index (χ4n) is 4.29. The number of amidine groups is 1. The number of carboxylic acid groups (broad SMARTS) is 1. The van der Waals surface area contributed by atoms with Crippen molar-refractivity contribution in [3.63, 3.8) is 0 Å². The van der Waals surface area contributed by atoms with Gasteiger partial charge < -0.3 is 31.1 Å². The Morgan fingerprint density at radius 1 is 1.13 bits per heavy atom. The summed E-state index contributed by atoms with van der Waals surface area (Å²) in [5.41, 5.74) is 1.70. The van der Waals surface area contributed by atoms with E-state index in [9.17, 15) is 34.8 Å². The van der Waals surface area contributed by atoms with Crippen LogP contribution in [0.4, 0.5) is 0 Å². The molecule has 0 saturated heterocycles. The highest BCUT2D eigenvalue weighted by Gasteiger charge is 2.26. The van der Waals surface area contributed by atoms with Gasteiger partial charge in [-0.25, -0.2) is 0 Å². The smallest absolute Gasteiger partial charge is 0.303 e. The van der Waals surface area contributed by atoms with Crippen LogP contribution in [-0.2, 0) is 21.4 Å². The second-order valence-electron chi connectivity index (χ2n) is 10.8. The second kappa shape index (κ2) is 12.6. The van der Waals surface area contributed by atoms with Gasteiger partial charge in [0.15, 0.2) is 5.78 Å². The fourth-order valence-corrected chi connectivity index (χ4v) is 4.76. The first-order valence-corrected chi connectivity index (χ1v) is 13.3. The summed E-state index contributed by atoms with van der Waals surface area (Å²) in [5.74, 6) is -2.53. The number of aliphatic carboxylic acids is 1. The molecule has 0 bridgehead atoms. The summed E-state index contributed by atoms with van der Waals surface area (Å²) in [7, 11) is 0. The third-order valence-corrected chi connectivity index (χ3v) is 6.99. The number of phenols is 2. The Balaban J connectivity index is 1.71.